The van der Waals surface area contributed by atoms with Gasteiger partial charge in [-0.15, -0.1) is 0 Å². The predicted molar refractivity (Wildman–Crippen MR) is 71.8 cm³/mol. The fourth-order valence-corrected chi connectivity index (χ4v) is 1.99. The van der Waals surface area contributed by atoms with E-state index in [4.69, 9.17) is 11.6 Å². The Hall–Kier alpha value is -2.13. The molecule has 0 bridgehead atoms. The highest BCUT2D eigenvalue weighted by Gasteiger charge is 2.02. The van der Waals surface area contributed by atoms with Crippen molar-refractivity contribution in [3.8, 4) is 16.9 Å². The zero-order valence-corrected chi connectivity index (χ0v) is 10.2. The summed E-state index contributed by atoms with van der Waals surface area (Å²) in [6.07, 6.45) is 5.37. The van der Waals surface area contributed by atoms with Gasteiger partial charge >= 0.3 is 0 Å². The van der Waals surface area contributed by atoms with Crippen LogP contribution in [0.4, 0.5) is 0 Å². The molecule has 88 valence electrons. The highest BCUT2D eigenvalue weighted by Crippen LogP contribution is 2.23. The molecule has 0 N–H and O–H groups in total. The molecule has 0 saturated heterocycles. The standard InChI is InChI=1S/C14H10ClN3/c15-13-4-1-3-11(9-13)12-5-7-16-14(10-12)18-8-2-6-17-18/h1-10H. The molecule has 3 rings (SSSR count). The van der Waals surface area contributed by atoms with Gasteiger partial charge in [0, 0.05) is 23.6 Å². The Balaban J connectivity index is 2.06. The van der Waals surface area contributed by atoms with E-state index in [2.05, 4.69) is 10.1 Å². The summed E-state index contributed by atoms with van der Waals surface area (Å²) in [6.45, 7) is 0. The van der Waals surface area contributed by atoms with Crippen LogP contribution in [-0.2, 0) is 0 Å². The molecule has 2 heterocycles. The van der Waals surface area contributed by atoms with Gasteiger partial charge in [0.25, 0.3) is 0 Å². The maximum atomic E-state index is 6.00. The molecule has 3 nitrogen and oxygen atoms in total. The number of aromatic nitrogens is 3. The number of halogens is 1. The van der Waals surface area contributed by atoms with Gasteiger partial charge in [0.1, 0.15) is 0 Å². The fourth-order valence-electron chi connectivity index (χ4n) is 1.80. The van der Waals surface area contributed by atoms with E-state index in [0.717, 1.165) is 22.0 Å². The van der Waals surface area contributed by atoms with Crippen LogP contribution < -0.4 is 0 Å². The zero-order valence-electron chi connectivity index (χ0n) is 9.49. The average molecular weight is 256 g/mol. The molecule has 0 unspecified atom stereocenters. The molecule has 0 amide bonds. The number of pyridine rings is 1. The first kappa shape index (κ1) is 11.0. The summed E-state index contributed by atoms with van der Waals surface area (Å²) >= 11 is 6.00. The molecule has 1 aromatic carbocycles. The topological polar surface area (TPSA) is 30.7 Å². The second-order valence-electron chi connectivity index (χ2n) is 3.86. The maximum absolute atomic E-state index is 6.00. The number of nitrogens with zero attached hydrogens (tertiary/aromatic N) is 3. The van der Waals surface area contributed by atoms with Crippen molar-refractivity contribution >= 4 is 11.6 Å². The third kappa shape index (κ3) is 2.13. The monoisotopic (exact) mass is 255 g/mol. The molecule has 0 radical (unpaired) electrons. The maximum Gasteiger partial charge on any atom is 0.153 e. The zero-order chi connectivity index (χ0) is 12.4. The van der Waals surface area contributed by atoms with Crippen LogP contribution >= 0.6 is 11.6 Å². The van der Waals surface area contributed by atoms with Crippen molar-refractivity contribution in [2.45, 2.75) is 0 Å². The van der Waals surface area contributed by atoms with Crippen molar-refractivity contribution in [3.05, 3.63) is 66.1 Å². The summed E-state index contributed by atoms with van der Waals surface area (Å²) in [5.41, 5.74) is 2.14. The quantitative estimate of drug-likeness (QED) is 0.701. The van der Waals surface area contributed by atoms with E-state index in [9.17, 15) is 0 Å². The van der Waals surface area contributed by atoms with Gasteiger partial charge in [0.05, 0.1) is 0 Å². The van der Waals surface area contributed by atoms with E-state index in [-0.39, 0.29) is 0 Å². The van der Waals surface area contributed by atoms with Crippen LogP contribution in [-0.4, -0.2) is 14.8 Å². The van der Waals surface area contributed by atoms with E-state index in [1.807, 2.05) is 48.7 Å². The molecule has 4 heteroatoms. The van der Waals surface area contributed by atoms with E-state index in [1.165, 1.54) is 0 Å². The largest absolute Gasteiger partial charge is 0.237 e. The minimum atomic E-state index is 0.727. The van der Waals surface area contributed by atoms with Crippen LogP contribution in [0.2, 0.25) is 5.02 Å². The van der Waals surface area contributed by atoms with E-state index in [1.54, 1.807) is 17.1 Å². The van der Waals surface area contributed by atoms with Crippen LogP contribution in [0.3, 0.4) is 0 Å². The van der Waals surface area contributed by atoms with Crippen LogP contribution in [0.15, 0.2) is 61.1 Å². The van der Waals surface area contributed by atoms with Gasteiger partial charge in [-0.2, -0.15) is 5.10 Å². The Morgan fingerprint density at radius 1 is 0.944 bits per heavy atom. The summed E-state index contributed by atoms with van der Waals surface area (Å²) < 4.78 is 1.73. The second kappa shape index (κ2) is 4.63. The minimum absolute atomic E-state index is 0.727. The van der Waals surface area contributed by atoms with Crippen LogP contribution in [0.25, 0.3) is 16.9 Å². The number of hydrogen-bond acceptors (Lipinski definition) is 2. The first-order valence-corrected chi connectivity index (χ1v) is 5.93. The minimum Gasteiger partial charge on any atom is -0.237 e. The Morgan fingerprint density at radius 3 is 2.61 bits per heavy atom. The fraction of sp³-hybridized carbons (Fsp3) is 0. The van der Waals surface area contributed by atoms with Gasteiger partial charge in [0.15, 0.2) is 5.82 Å². The molecule has 18 heavy (non-hydrogen) atoms. The smallest absolute Gasteiger partial charge is 0.153 e. The molecule has 2 aromatic heterocycles. The van der Waals surface area contributed by atoms with Gasteiger partial charge in [0.2, 0.25) is 0 Å². The van der Waals surface area contributed by atoms with Gasteiger partial charge in [-0.3, -0.25) is 0 Å². The van der Waals surface area contributed by atoms with Crippen molar-refractivity contribution in [1.82, 2.24) is 14.8 Å². The Kier molecular flexibility index (Phi) is 2.82. The van der Waals surface area contributed by atoms with Crippen molar-refractivity contribution in [1.29, 1.82) is 0 Å². The third-order valence-electron chi connectivity index (χ3n) is 2.64. The van der Waals surface area contributed by atoms with Crippen molar-refractivity contribution in [3.63, 3.8) is 0 Å². The Bertz CT molecular complexity index is 662. The Labute approximate surface area is 110 Å². The summed E-state index contributed by atoms with van der Waals surface area (Å²) in [5.74, 6) is 0.789. The Morgan fingerprint density at radius 2 is 1.83 bits per heavy atom. The predicted octanol–water partition coefficient (Wildman–Crippen LogP) is 3.59. The van der Waals surface area contributed by atoms with E-state index in [0.29, 0.717) is 0 Å². The first-order valence-electron chi connectivity index (χ1n) is 5.55. The average Bonchev–Trinajstić information content (AvgIpc) is 2.93. The molecule has 0 fully saturated rings. The molecule has 3 aromatic rings. The van der Waals surface area contributed by atoms with Crippen molar-refractivity contribution in [2.75, 3.05) is 0 Å². The molecule has 0 spiro atoms. The van der Waals surface area contributed by atoms with Crippen LogP contribution in [0.5, 0.6) is 0 Å². The van der Waals surface area contributed by atoms with E-state index >= 15 is 0 Å². The first-order chi connectivity index (χ1) is 8.83. The van der Waals surface area contributed by atoms with Crippen molar-refractivity contribution in [2.24, 2.45) is 0 Å². The lowest BCUT2D eigenvalue weighted by molar-refractivity contribution is 0.847. The number of rotatable bonds is 2. The molecule has 0 aliphatic carbocycles. The molecular weight excluding hydrogens is 246 g/mol. The van der Waals surface area contributed by atoms with Gasteiger partial charge in [-0.1, -0.05) is 23.7 Å². The van der Waals surface area contributed by atoms with E-state index < -0.39 is 0 Å². The van der Waals surface area contributed by atoms with Crippen LogP contribution in [0.1, 0.15) is 0 Å². The summed E-state index contributed by atoms with van der Waals surface area (Å²) in [7, 11) is 0. The lowest BCUT2D eigenvalue weighted by atomic mass is 10.1. The number of hydrogen-bond donors (Lipinski definition) is 0. The van der Waals surface area contributed by atoms with Gasteiger partial charge < -0.3 is 0 Å². The highest BCUT2D eigenvalue weighted by atomic mass is 35.5. The normalized spacial score (nSPS) is 10.5. The highest BCUT2D eigenvalue weighted by molar-refractivity contribution is 6.30. The van der Waals surface area contributed by atoms with Gasteiger partial charge in [-0.05, 0) is 41.5 Å². The number of benzene rings is 1. The van der Waals surface area contributed by atoms with Crippen molar-refractivity contribution < 1.29 is 0 Å². The lowest BCUT2D eigenvalue weighted by Gasteiger charge is -2.05. The summed E-state index contributed by atoms with van der Waals surface area (Å²) in [4.78, 5) is 4.30. The molecule has 0 saturated carbocycles. The van der Waals surface area contributed by atoms with Crippen LogP contribution in [0, 0.1) is 0 Å². The molecule has 0 aliphatic rings. The SMILES string of the molecule is Clc1cccc(-c2ccnc(-n3cccn3)c2)c1. The summed E-state index contributed by atoms with van der Waals surface area (Å²) in [5, 5.41) is 4.89. The van der Waals surface area contributed by atoms with Gasteiger partial charge in [-0.25, -0.2) is 9.67 Å². The summed E-state index contributed by atoms with van der Waals surface area (Å²) in [6, 6.07) is 13.6. The lowest BCUT2D eigenvalue weighted by Crippen LogP contribution is -1.97. The second-order valence-corrected chi connectivity index (χ2v) is 4.30. The third-order valence-corrected chi connectivity index (χ3v) is 2.88. The molecule has 0 atom stereocenters. The molecule has 0 aliphatic heterocycles. The molecular formula is C14H10ClN3.